The molecule has 17 nitrogen and oxygen atoms in total. The van der Waals surface area contributed by atoms with Crippen molar-refractivity contribution in [2.45, 2.75) is 135 Å². The number of nitrogens with one attached hydrogen (secondary N) is 4. The lowest BCUT2D eigenvalue weighted by Crippen LogP contribution is -2.65. The van der Waals surface area contributed by atoms with E-state index in [4.69, 9.17) is 41.8 Å². The fourth-order valence-corrected chi connectivity index (χ4v) is 10.8. The number of benzene rings is 4. The van der Waals surface area contributed by atoms with Crippen LogP contribution in [0.15, 0.2) is 103 Å². The van der Waals surface area contributed by atoms with Crippen molar-refractivity contribution >= 4 is 61.3 Å². The third kappa shape index (κ3) is 19.1. The fraction of sp³-hybridized carbons (Fsp3) is 0.484. The smallest absolute Gasteiger partial charge is 0.407 e. The molecule has 1 aliphatic heterocycles. The number of carbonyl (C=O) groups excluding carboxylic acids is 5. The fourth-order valence-electron chi connectivity index (χ4n) is 9.53. The van der Waals surface area contributed by atoms with Crippen molar-refractivity contribution in [2.75, 3.05) is 47.4 Å². The number of methoxy groups -OCH3 is 1. The van der Waals surface area contributed by atoms with Gasteiger partial charge < -0.3 is 54.3 Å². The SMILES string of the molecule is COC(=O)CC(Cc1ccccc1)C(=O)N1CCC[C@](Cc2ccc(Cl)cc2)(NC(=O)C(CO[Si](C)(C)C(C)(C)C)NC(=O)C(CCNC(=O)OC(C)(C)C)NCc2ccc(Cl)cc2Oc2ccc(-c3cnc(CN(C)C)n3C)cc2)C1. The first-order chi connectivity index (χ1) is 38.6. The van der Waals surface area contributed by atoms with E-state index < -0.39 is 61.3 Å². The maximum Gasteiger partial charge on any atom is 0.407 e. The predicted octanol–water partition coefficient (Wildman–Crippen LogP) is 10.3. The molecule has 4 N–H and O–H groups in total. The van der Waals surface area contributed by atoms with Gasteiger partial charge in [-0.15, -0.1) is 0 Å². The molecule has 444 valence electrons. The van der Waals surface area contributed by atoms with E-state index in [1.807, 2.05) is 100 Å². The van der Waals surface area contributed by atoms with Gasteiger partial charge in [-0.3, -0.25) is 19.2 Å². The van der Waals surface area contributed by atoms with Gasteiger partial charge in [-0.25, -0.2) is 9.78 Å². The number of nitrogens with zero attached hydrogens (tertiary/aromatic N) is 4. The van der Waals surface area contributed by atoms with Crippen LogP contribution in [-0.4, -0.2) is 128 Å². The zero-order valence-electron chi connectivity index (χ0n) is 49.8. The molecule has 4 atom stereocenters. The van der Waals surface area contributed by atoms with Crippen LogP contribution in [-0.2, 0) is 66.1 Å². The Kier molecular flexibility index (Phi) is 22.8. The Morgan fingerprint density at radius 2 is 1.54 bits per heavy atom. The minimum atomic E-state index is -2.54. The molecule has 82 heavy (non-hydrogen) atoms. The molecule has 5 aromatic rings. The standard InChI is InChI=1S/C62H84Cl2N8O9Si/c1-60(2,3)81-59(77)65-31-29-50(66-37-45-21-26-48(64)35-53(45)80-49-27-22-44(23-28-49)52-38-67-54(71(52)9)39-70(7)8)56(74)68-51(40-79-82(11,12)61(4,5)6)57(75)69-62(36-43-19-24-47(63)25-20-43)30-16-32-72(41-62)58(76)46(34-55(73)78-10)33-42-17-14-13-15-18-42/h13-15,17-28,35,38,46,50-51,66H,16,29-34,36-37,39-41H2,1-12H3,(H,65,77)(H,68,74)(H,69,75)/t46?,50?,51?,62-/m1/s1. The number of likely N-dealkylation sites (tertiary alicyclic amines) is 1. The largest absolute Gasteiger partial charge is 0.469 e. The summed E-state index contributed by atoms with van der Waals surface area (Å²) in [5, 5.41) is 13.4. The molecule has 0 aliphatic carbocycles. The molecular formula is C62H84Cl2N8O9Si. The zero-order chi connectivity index (χ0) is 60.0. The first-order valence-corrected chi connectivity index (χ1v) is 31.6. The number of rotatable bonds is 25. The molecule has 3 unspecified atom stereocenters. The van der Waals surface area contributed by atoms with E-state index in [-0.39, 0.29) is 50.0 Å². The first-order valence-electron chi connectivity index (χ1n) is 28.0. The molecule has 6 rings (SSSR count). The highest BCUT2D eigenvalue weighted by atomic mass is 35.5. The maximum atomic E-state index is 15.3. The van der Waals surface area contributed by atoms with Gasteiger partial charge in [0, 0.05) is 54.4 Å². The van der Waals surface area contributed by atoms with Crippen LogP contribution in [0.25, 0.3) is 11.3 Å². The van der Waals surface area contributed by atoms with Gasteiger partial charge >= 0.3 is 12.1 Å². The van der Waals surface area contributed by atoms with E-state index in [1.54, 1.807) is 49.9 Å². The summed E-state index contributed by atoms with van der Waals surface area (Å²) in [5.74, 6) is -0.542. The number of imidazole rings is 1. The Bertz CT molecular complexity index is 2950. The molecule has 4 aromatic carbocycles. The number of alkyl carbamates (subject to hydrolysis) is 1. The van der Waals surface area contributed by atoms with Crippen LogP contribution in [0.5, 0.6) is 11.5 Å². The van der Waals surface area contributed by atoms with Crippen LogP contribution in [0.4, 0.5) is 4.79 Å². The summed E-state index contributed by atoms with van der Waals surface area (Å²) in [5.41, 5.74) is 2.58. The van der Waals surface area contributed by atoms with Crippen LogP contribution in [0, 0.1) is 5.92 Å². The number of halogens is 2. The number of aromatic nitrogens is 2. The second-order valence-electron chi connectivity index (χ2n) is 24.1. The van der Waals surface area contributed by atoms with Gasteiger partial charge in [-0.2, -0.15) is 0 Å². The quantitative estimate of drug-likeness (QED) is 0.0320. The Labute approximate surface area is 495 Å². The highest BCUT2D eigenvalue weighted by molar-refractivity contribution is 6.74. The Morgan fingerprint density at radius 3 is 2.18 bits per heavy atom. The molecule has 0 bridgehead atoms. The second-order valence-corrected chi connectivity index (χ2v) is 29.8. The van der Waals surface area contributed by atoms with E-state index in [0.29, 0.717) is 65.9 Å². The number of hydrogen-bond donors (Lipinski definition) is 4. The predicted molar refractivity (Wildman–Crippen MR) is 324 cm³/mol. The molecule has 1 fully saturated rings. The van der Waals surface area contributed by atoms with Gasteiger partial charge in [0.05, 0.1) is 56.1 Å². The van der Waals surface area contributed by atoms with Crippen molar-refractivity contribution in [3.05, 3.63) is 136 Å². The lowest BCUT2D eigenvalue weighted by atomic mass is 9.82. The average molecular weight is 1180 g/mol. The highest BCUT2D eigenvalue weighted by Crippen LogP contribution is 2.37. The van der Waals surface area contributed by atoms with Gasteiger partial charge in [0.15, 0.2) is 8.32 Å². The zero-order valence-corrected chi connectivity index (χ0v) is 52.3. The maximum absolute atomic E-state index is 15.3. The number of ether oxygens (including phenoxy) is 3. The molecule has 1 saturated heterocycles. The molecule has 0 spiro atoms. The first kappa shape index (κ1) is 64.9. The van der Waals surface area contributed by atoms with Crippen molar-refractivity contribution < 1.29 is 42.6 Å². The summed E-state index contributed by atoms with van der Waals surface area (Å²) in [4.78, 5) is 79.3. The highest BCUT2D eigenvalue weighted by Gasteiger charge is 2.44. The normalized spacial score (nSPS) is 16.0. The van der Waals surface area contributed by atoms with Gasteiger partial charge in [-0.1, -0.05) is 92.5 Å². The molecule has 2 heterocycles. The van der Waals surface area contributed by atoms with E-state index in [2.05, 4.69) is 69.6 Å². The van der Waals surface area contributed by atoms with Gasteiger partial charge in [0.25, 0.3) is 0 Å². The lowest BCUT2D eigenvalue weighted by Gasteiger charge is -2.45. The van der Waals surface area contributed by atoms with Crippen molar-refractivity contribution in [3.63, 3.8) is 0 Å². The minimum Gasteiger partial charge on any atom is -0.469 e. The van der Waals surface area contributed by atoms with E-state index >= 15 is 9.59 Å². The number of amides is 4. The summed E-state index contributed by atoms with van der Waals surface area (Å²) < 4.78 is 25.9. The number of piperidine rings is 1. The minimum absolute atomic E-state index is 0.0380. The average Bonchev–Trinajstić information content (AvgIpc) is 3.46. The Balaban J connectivity index is 1.29. The Hall–Kier alpha value is -6.28. The molecular weight excluding hydrogens is 1100 g/mol. The summed E-state index contributed by atoms with van der Waals surface area (Å²) in [6.07, 6.45) is 2.84. The second kappa shape index (κ2) is 28.8. The summed E-state index contributed by atoms with van der Waals surface area (Å²) in [6, 6.07) is 27.6. The van der Waals surface area contributed by atoms with Gasteiger partial charge in [0.2, 0.25) is 17.7 Å². The molecule has 0 radical (unpaired) electrons. The summed E-state index contributed by atoms with van der Waals surface area (Å²) in [6.45, 7) is 17.0. The number of hydrogen-bond acceptors (Lipinski definition) is 12. The topological polar surface area (TPSA) is 195 Å². The molecule has 0 saturated carbocycles. The molecule has 4 amide bonds. The lowest BCUT2D eigenvalue weighted by molar-refractivity contribution is -0.148. The van der Waals surface area contributed by atoms with Crippen LogP contribution in [0.2, 0.25) is 28.2 Å². The van der Waals surface area contributed by atoms with Crippen molar-refractivity contribution in [1.82, 2.24) is 40.6 Å². The number of esters is 1. The molecule has 1 aliphatic rings. The van der Waals surface area contributed by atoms with Gasteiger partial charge in [0.1, 0.15) is 29.0 Å². The summed E-state index contributed by atoms with van der Waals surface area (Å²) >= 11 is 12.9. The Morgan fingerprint density at radius 1 is 0.854 bits per heavy atom. The van der Waals surface area contributed by atoms with Crippen LogP contribution in [0.3, 0.4) is 0 Å². The molecule has 20 heteroatoms. The third-order valence-corrected chi connectivity index (χ3v) is 20.0. The van der Waals surface area contributed by atoms with Gasteiger partial charge in [-0.05, 0) is 145 Å². The van der Waals surface area contributed by atoms with Crippen LogP contribution in [0.1, 0.15) is 89.7 Å². The van der Waals surface area contributed by atoms with Crippen LogP contribution < -0.4 is 26.0 Å². The van der Waals surface area contributed by atoms with E-state index in [0.717, 1.165) is 28.2 Å². The van der Waals surface area contributed by atoms with Crippen molar-refractivity contribution in [2.24, 2.45) is 13.0 Å². The van der Waals surface area contributed by atoms with Crippen molar-refractivity contribution in [1.29, 1.82) is 0 Å². The number of carbonyl (C=O) groups is 5. The van der Waals surface area contributed by atoms with Crippen molar-refractivity contribution in [3.8, 4) is 22.8 Å². The monoisotopic (exact) mass is 1180 g/mol. The third-order valence-electron chi connectivity index (χ3n) is 15.0. The molecule has 1 aromatic heterocycles. The van der Waals surface area contributed by atoms with E-state index in [9.17, 15) is 14.4 Å². The van der Waals surface area contributed by atoms with Crippen LogP contribution >= 0.6 is 23.2 Å². The summed E-state index contributed by atoms with van der Waals surface area (Å²) in [7, 11) is 4.76. The van der Waals surface area contributed by atoms with E-state index in [1.165, 1.54) is 7.11 Å².